The zero-order valence-electron chi connectivity index (χ0n) is 14.0. The second kappa shape index (κ2) is 7.40. The van der Waals surface area contributed by atoms with Gasteiger partial charge in [-0.2, -0.15) is 0 Å². The molecule has 0 spiro atoms. The van der Waals surface area contributed by atoms with Crippen LogP contribution in [-0.2, 0) is 4.74 Å². The maximum Gasteiger partial charge on any atom is 0.251 e. The van der Waals surface area contributed by atoms with Gasteiger partial charge in [-0.25, -0.2) is 9.97 Å². The van der Waals surface area contributed by atoms with Gasteiger partial charge in [0.2, 0.25) is 5.95 Å². The van der Waals surface area contributed by atoms with Crippen LogP contribution in [0.1, 0.15) is 34.6 Å². The zero-order chi connectivity index (χ0) is 16.9. The van der Waals surface area contributed by atoms with Crippen LogP contribution < -0.4 is 10.6 Å². The Kier molecular flexibility index (Phi) is 5.05. The Hall–Kier alpha value is -2.47. The van der Waals surface area contributed by atoms with E-state index in [2.05, 4.69) is 20.6 Å². The van der Waals surface area contributed by atoms with Crippen molar-refractivity contribution in [1.82, 2.24) is 15.3 Å². The molecule has 3 rings (SSSR count). The molecule has 1 fully saturated rings. The molecule has 1 aromatic carbocycles. The normalized spacial score (nSPS) is 16.8. The number of amides is 1. The number of ether oxygens (including phenoxy) is 1. The highest BCUT2D eigenvalue weighted by Crippen LogP contribution is 2.15. The van der Waals surface area contributed by atoms with Gasteiger partial charge < -0.3 is 15.4 Å². The van der Waals surface area contributed by atoms with Crippen LogP contribution in [-0.4, -0.2) is 35.1 Å². The van der Waals surface area contributed by atoms with E-state index < -0.39 is 0 Å². The fourth-order valence-corrected chi connectivity index (χ4v) is 2.73. The Labute approximate surface area is 141 Å². The summed E-state index contributed by atoms with van der Waals surface area (Å²) in [7, 11) is 0. The van der Waals surface area contributed by atoms with Crippen molar-refractivity contribution in [2.24, 2.45) is 0 Å². The largest absolute Gasteiger partial charge is 0.376 e. The summed E-state index contributed by atoms with van der Waals surface area (Å²) in [5, 5.41) is 6.07. The van der Waals surface area contributed by atoms with Crippen LogP contribution in [0.25, 0.3) is 0 Å². The summed E-state index contributed by atoms with van der Waals surface area (Å²) in [6.45, 7) is 5.22. The zero-order valence-corrected chi connectivity index (χ0v) is 14.0. The molecule has 1 amide bonds. The lowest BCUT2D eigenvalue weighted by Crippen LogP contribution is -2.31. The van der Waals surface area contributed by atoms with Gasteiger partial charge in [-0.3, -0.25) is 4.79 Å². The number of aryl methyl sites for hydroxylation is 2. The number of anilines is 2. The predicted octanol–water partition coefficient (Wildman–Crippen LogP) is 2.75. The minimum absolute atomic E-state index is 0.0836. The van der Waals surface area contributed by atoms with Gasteiger partial charge >= 0.3 is 0 Å². The van der Waals surface area contributed by atoms with Crippen LogP contribution in [0.4, 0.5) is 11.6 Å². The third-order valence-electron chi connectivity index (χ3n) is 3.90. The summed E-state index contributed by atoms with van der Waals surface area (Å²) in [5.74, 6) is 0.475. The first-order chi connectivity index (χ1) is 11.6. The first-order valence-electron chi connectivity index (χ1n) is 8.19. The molecular formula is C18H22N4O2. The van der Waals surface area contributed by atoms with Crippen LogP contribution >= 0.6 is 0 Å². The highest BCUT2D eigenvalue weighted by molar-refractivity contribution is 5.94. The van der Waals surface area contributed by atoms with Gasteiger partial charge in [0.05, 0.1) is 6.10 Å². The first-order valence-corrected chi connectivity index (χ1v) is 8.19. The van der Waals surface area contributed by atoms with E-state index in [9.17, 15) is 4.79 Å². The fraction of sp³-hybridized carbons (Fsp3) is 0.389. The van der Waals surface area contributed by atoms with E-state index in [0.29, 0.717) is 18.1 Å². The number of hydrogen-bond donors (Lipinski definition) is 2. The number of nitrogens with one attached hydrogen (secondary N) is 2. The van der Waals surface area contributed by atoms with Crippen molar-refractivity contribution in [1.29, 1.82) is 0 Å². The van der Waals surface area contributed by atoms with Crippen molar-refractivity contribution in [2.45, 2.75) is 32.8 Å². The Balaban J connectivity index is 1.59. The summed E-state index contributed by atoms with van der Waals surface area (Å²) < 4.78 is 5.51. The van der Waals surface area contributed by atoms with Gasteiger partial charge in [0, 0.05) is 35.8 Å². The molecule has 6 heteroatoms. The van der Waals surface area contributed by atoms with Gasteiger partial charge in [-0.05, 0) is 57.0 Å². The van der Waals surface area contributed by atoms with Crippen molar-refractivity contribution in [3.05, 3.63) is 47.3 Å². The van der Waals surface area contributed by atoms with E-state index >= 15 is 0 Å². The van der Waals surface area contributed by atoms with Crippen LogP contribution in [0.15, 0.2) is 30.3 Å². The Morgan fingerprint density at radius 1 is 1.21 bits per heavy atom. The van der Waals surface area contributed by atoms with Crippen LogP contribution in [0.5, 0.6) is 0 Å². The number of nitrogens with zero attached hydrogens (tertiary/aromatic N) is 2. The molecule has 1 unspecified atom stereocenters. The Morgan fingerprint density at radius 2 is 1.92 bits per heavy atom. The van der Waals surface area contributed by atoms with Crippen molar-refractivity contribution < 1.29 is 9.53 Å². The number of rotatable bonds is 5. The summed E-state index contributed by atoms with van der Waals surface area (Å²) >= 11 is 0. The molecule has 0 bridgehead atoms. The Morgan fingerprint density at radius 3 is 2.54 bits per heavy atom. The SMILES string of the molecule is Cc1cc(C)nc(Nc2ccc(C(=O)NCC3CCCO3)cc2)n1. The number of benzene rings is 1. The molecule has 2 N–H and O–H groups in total. The molecule has 0 saturated carbocycles. The predicted molar refractivity (Wildman–Crippen MR) is 92.5 cm³/mol. The standard InChI is InChI=1S/C18H22N4O2/c1-12-10-13(2)21-18(20-12)22-15-7-5-14(6-8-15)17(23)19-11-16-4-3-9-24-16/h5-8,10,16H,3-4,9,11H2,1-2H3,(H,19,23)(H,20,21,22). The molecule has 1 atom stereocenters. The summed E-state index contributed by atoms with van der Waals surface area (Å²) in [5.41, 5.74) is 3.29. The molecule has 24 heavy (non-hydrogen) atoms. The topological polar surface area (TPSA) is 76.1 Å². The summed E-state index contributed by atoms with van der Waals surface area (Å²) in [4.78, 5) is 20.8. The molecule has 126 valence electrons. The van der Waals surface area contributed by atoms with Gasteiger partial charge in [-0.1, -0.05) is 0 Å². The Bertz CT molecular complexity index is 689. The quantitative estimate of drug-likeness (QED) is 0.883. The molecule has 1 aliphatic heterocycles. The van der Waals surface area contributed by atoms with Crippen molar-refractivity contribution in [3.63, 3.8) is 0 Å². The minimum atomic E-state index is -0.0836. The number of hydrogen-bond acceptors (Lipinski definition) is 5. The monoisotopic (exact) mass is 326 g/mol. The molecule has 2 aromatic rings. The average Bonchev–Trinajstić information content (AvgIpc) is 3.06. The van der Waals surface area contributed by atoms with Crippen molar-refractivity contribution >= 4 is 17.5 Å². The number of carbonyl (C=O) groups is 1. The van der Waals surface area contributed by atoms with Crippen LogP contribution in [0.3, 0.4) is 0 Å². The van der Waals surface area contributed by atoms with Crippen LogP contribution in [0, 0.1) is 13.8 Å². The lowest BCUT2D eigenvalue weighted by atomic mass is 10.2. The smallest absolute Gasteiger partial charge is 0.251 e. The second-order valence-corrected chi connectivity index (χ2v) is 6.02. The lowest BCUT2D eigenvalue weighted by Gasteiger charge is -2.11. The van der Waals surface area contributed by atoms with Gasteiger partial charge in [0.25, 0.3) is 5.91 Å². The first kappa shape index (κ1) is 16.4. The highest BCUT2D eigenvalue weighted by Gasteiger charge is 2.16. The second-order valence-electron chi connectivity index (χ2n) is 6.02. The van der Waals surface area contributed by atoms with Gasteiger partial charge in [-0.15, -0.1) is 0 Å². The molecule has 1 saturated heterocycles. The molecule has 6 nitrogen and oxygen atoms in total. The van der Waals surface area contributed by atoms with E-state index in [1.807, 2.05) is 32.0 Å². The van der Waals surface area contributed by atoms with E-state index in [1.54, 1.807) is 12.1 Å². The van der Waals surface area contributed by atoms with Crippen molar-refractivity contribution in [3.8, 4) is 0 Å². The molecule has 1 aliphatic rings. The lowest BCUT2D eigenvalue weighted by molar-refractivity contribution is 0.0858. The van der Waals surface area contributed by atoms with Gasteiger partial charge in [0.15, 0.2) is 0 Å². The number of carbonyl (C=O) groups excluding carboxylic acids is 1. The van der Waals surface area contributed by atoms with E-state index in [-0.39, 0.29) is 12.0 Å². The highest BCUT2D eigenvalue weighted by atomic mass is 16.5. The average molecular weight is 326 g/mol. The minimum Gasteiger partial charge on any atom is -0.376 e. The van der Waals surface area contributed by atoms with E-state index in [4.69, 9.17) is 4.74 Å². The molecule has 0 radical (unpaired) electrons. The summed E-state index contributed by atoms with van der Waals surface area (Å²) in [6, 6.07) is 9.20. The molecular weight excluding hydrogens is 304 g/mol. The third-order valence-corrected chi connectivity index (χ3v) is 3.90. The maximum absolute atomic E-state index is 12.1. The maximum atomic E-state index is 12.1. The fourth-order valence-electron chi connectivity index (χ4n) is 2.73. The molecule has 2 heterocycles. The number of aromatic nitrogens is 2. The summed E-state index contributed by atoms with van der Waals surface area (Å²) in [6.07, 6.45) is 2.23. The van der Waals surface area contributed by atoms with Gasteiger partial charge in [0.1, 0.15) is 0 Å². The van der Waals surface area contributed by atoms with E-state index in [0.717, 1.165) is 36.5 Å². The molecule has 1 aromatic heterocycles. The van der Waals surface area contributed by atoms with E-state index in [1.165, 1.54) is 0 Å². The molecule has 0 aliphatic carbocycles. The van der Waals surface area contributed by atoms with Crippen molar-refractivity contribution in [2.75, 3.05) is 18.5 Å². The third kappa shape index (κ3) is 4.29. The van der Waals surface area contributed by atoms with Crippen LogP contribution in [0.2, 0.25) is 0 Å².